The van der Waals surface area contributed by atoms with Crippen molar-refractivity contribution in [2.75, 3.05) is 6.54 Å². The lowest BCUT2D eigenvalue weighted by atomic mass is 9.98. The van der Waals surface area contributed by atoms with Crippen molar-refractivity contribution in [2.24, 2.45) is 11.7 Å². The van der Waals surface area contributed by atoms with Crippen molar-refractivity contribution in [1.82, 2.24) is 0 Å². The van der Waals surface area contributed by atoms with Gasteiger partial charge in [-0.05, 0) is 24.5 Å². The Morgan fingerprint density at radius 1 is 1.10 bits per heavy atom. The molecular weight excluding hydrogens is 262 g/mol. The standard InChI is InChI=1S/C18H21NO2/c1-14-6-5-9-16(10-14)11-17(12-19)18(20)21-13-15-7-3-2-4-8-15/h2-10,17H,11-13,19H2,1H3. The molecule has 0 saturated carbocycles. The van der Waals surface area contributed by atoms with E-state index in [9.17, 15) is 4.79 Å². The Balaban J connectivity index is 1.92. The van der Waals surface area contributed by atoms with Crippen LogP contribution in [0.2, 0.25) is 0 Å². The first-order valence-electron chi connectivity index (χ1n) is 7.15. The number of hydrogen-bond acceptors (Lipinski definition) is 3. The summed E-state index contributed by atoms with van der Waals surface area (Å²) in [7, 11) is 0. The van der Waals surface area contributed by atoms with E-state index in [0.717, 1.165) is 11.1 Å². The summed E-state index contributed by atoms with van der Waals surface area (Å²) < 4.78 is 5.36. The average molecular weight is 283 g/mol. The second-order valence-electron chi connectivity index (χ2n) is 5.22. The van der Waals surface area contributed by atoms with Crippen LogP contribution in [0.15, 0.2) is 54.6 Å². The minimum absolute atomic E-state index is 0.233. The van der Waals surface area contributed by atoms with Crippen LogP contribution < -0.4 is 5.73 Å². The van der Waals surface area contributed by atoms with Crippen molar-refractivity contribution in [2.45, 2.75) is 20.0 Å². The molecule has 2 N–H and O–H groups in total. The smallest absolute Gasteiger partial charge is 0.310 e. The Morgan fingerprint density at radius 2 is 1.81 bits per heavy atom. The molecule has 1 atom stereocenters. The zero-order valence-corrected chi connectivity index (χ0v) is 12.3. The first-order chi connectivity index (χ1) is 10.2. The molecule has 3 heteroatoms. The molecule has 1 unspecified atom stereocenters. The van der Waals surface area contributed by atoms with Crippen LogP contribution in [0.5, 0.6) is 0 Å². The van der Waals surface area contributed by atoms with Gasteiger partial charge in [-0.25, -0.2) is 0 Å². The molecule has 0 aliphatic heterocycles. The highest BCUT2D eigenvalue weighted by molar-refractivity contribution is 5.73. The maximum atomic E-state index is 12.1. The van der Waals surface area contributed by atoms with E-state index in [-0.39, 0.29) is 11.9 Å². The van der Waals surface area contributed by atoms with Crippen LogP contribution in [0, 0.1) is 12.8 Å². The largest absolute Gasteiger partial charge is 0.461 e. The number of ether oxygens (including phenoxy) is 1. The molecule has 0 bridgehead atoms. The van der Waals surface area contributed by atoms with E-state index in [1.54, 1.807) is 0 Å². The Bertz CT molecular complexity index is 581. The maximum Gasteiger partial charge on any atom is 0.310 e. The Labute approximate surface area is 125 Å². The third-order valence-electron chi connectivity index (χ3n) is 3.41. The van der Waals surface area contributed by atoms with Crippen molar-refractivity contribution in [3.63, 3.8) is 0 Å². The molecule has 0 amide bonds. The number of nitrogens with two attached hydrogens (primary N) is 1. The van der Waals surface area contributed by atoms with Crippen molar-refractivity contribution in [1.29, 1.82) is 0 Å². The minimum Gasteiger partial charge on any atom is -0.461 e. The third-order valence-corrected chi connectivity index (χ3v) is 3.41. The molecule has 0 saturated heterocycles. The van der Waals surface area contributed by atoms with Crippen molar-refractivity contribution >= 4 is 5.97 Å². The number of carbonyl (C=O) groups excluding carboxylic acids is 1. The molecule has 21 heavy (non-hydrogen) atoms. The predicted octanol–water partition coefficient (Wildman–Crippen LogP) is 2.86. The van der Waals surface area contributed by atoms with Gasteiger partial charge >= 0.3 is 5.97 Å². The van der Waals surface area contributed by atoms with Gasteiger partial charge in [0.2, 0.25) is 0 Å². The summed E-state index contributed by atoms with van der Waals surface area (Å²) in [4.78, 5) is 12.1. The molecule has 0 fully saturated rings. The van der Waals surface area contributed by atoms with Crippen LogP contribution >= 0.6 is 0 Å². The Kier molecular flexibility index (Phi) is 5.52. The van der Waals surface area contributed by atoms with E-state index in [1.807, 2.05) is 55.5 Å². The molecule has 0 spiro atoms. The molecule has 0 aliphatic rings. The summed E-state index contributed by atoms with van der Waals surface area (Å²) in [5.41, 5.74) is 9.01. The predicted molar refractivity (Wildman–Crippen MR) is 83.7 cm³/mol. The van der Waals surface area contributed by atoms with Gasteiger partial charge in [-0.2, -0.15) is 0 Å². The summed E-state index contributed by atoms with van der Waals surface area (Å²) in [6.07, 6.45) is 0.617. The lowest BCUT2D eigenvalue weighted by Gasteiger charge is -2.14. The van der Waals surface area contributed by atoms with E-state index >= 15 is 0 Å². The van der Waals surface area contributed by atoms with Crippen molar-refractivity contribution < 1.29 is 9.53 Å². The van der Waals surface area contributed by atoms with Gasteiger partial charge in [0.25, 0.3) is 0 Å². The highest BCUT2D eigenvalue weighted by atomic mass is 16.5. The van der Waals surface area contributed by atoms with Gasteiger partial charge in [-0.15, -0.1) is 0 Å². The topological polar surface area (TPSA) is 52.3 Å². The summed E-state index contributed by atoms with van der Waals surface area (Å²) >= 11 is 0. The normalized spacial score (nSPS) is 11.9. The zero-order chi connectivity index (χ0) is 15.1. The van der Waals surface area contributed by atoms with Gasteiger partial charge < -0.3 is 10.5 Å². The van der Waals surface area contributed by atoms with E-state index < -0.39 is 0 Å². The SMILES string of the molecule is Cc1cccc(CC(CN)C(=O)OCc2ccccc2)c1. The van der Waals surface area contributed by atoms with Crippen molar-refractivity contribution in [3.8, 4) is 0 Å². The fourth-order valence-corrected chi connectivity index (χ4v) is 2.23. The quantitative estimate of drug-likeness (QED) is 0.829. The monoisotopic (exact) mass is 283 g/mol. The molecule has 0 radical (unpaired) electrons. The van der Waals surface area contributed by atoms with E-state index in [4.69, 9.17) is 10.5 Å². The molecule has 0 heterocycles. The average Bonchev–Trinajstić information content (AvgIpc) is 2.51. The van der Waals surface area contributed by atoms with Gasteiger partial charge in [0.05, 0.1) is 5.92 Å². The number of rotatable bonds is 6. The minimum atomic E-state index is -0.296. The number of carbonyl (C=O) groups is 1. The van der Waals surface area contributed by atoms with Gasteiger partial charge in [-0.1, -0.05) is 60.2 Å². The van der Waals surface area contributed by atoms with Crippen molar-refractivity contribution in [3.05, 3.63) is 71.3 Å². The molecule has 2 rings (SSSR count). The van der Waals surface area contributed by atoms with Gasteiger partial charge in [0.1, 0.15) is 6.61 Å². The summed E-state index contributed by atoms with van der Waals surface area (Å²) in [5.74, 6) is -0.529. The number of esters is 1. The molecule has 0 aliphatic carbocycles. The first kappa shape index (κ1) is 15.3. The summed E-state index contributed by atoms with van der Waals surface area (Å²) in [5, 5.41) is 0. The Morgan fingerprint density at radius 3 is 2.48 bits per heavy atom. The van der Waals surface area contributed by atoms with Crippen LogP contribution in [-0.2, 0) is 22.6 Å². The van der Waals surface area contributed by atoms with E-state index in [0.29, 0.717) is 19.6 Å². The molecule has 2 aromatic carbocycles. The van der Waals surface area contributed by atoms with Gasteiger partial charge in [0.15, 0.2) is 0 Å². The maximum absolute atomic E-state index is 12.1. The molecular formula is C18H21NO2. The number of hydrogen-bond donors (Lipinski definition) is 1. The van der Waals surface area contributed by atoms with Gasteiger partial charge in [0, 0.05) is 6.54 Å². The lowest BCUT2D eigenvalue weighted by Crippen LogP contribution is -2.27. The zero-order valence-electron chi connectivity index (χ0n) is 12.3. The van der Waals surface area contributed by atoms with Crippen LogP contribution in [0.25, 0.3) is 0 Å². The summed E-state index contributed by atoms with van der Waals surface area (Å²) in [6.45, 7) is 2.63. The van der Waals surface area contributed by atoms with Crippen LogP contribution in [0.3, 0.4) is 0 Å². The molecule has 3 nitrogen and oxygen atoms in total. The lowest BCUT2D eigenvalue weighted by molar-refractivity contribution is -0.149. The fourth-order valence-electron chi connectivity index (χ4n) is 2.23. The summed E-state index contributed by atoms with van der Waals surface area (Å²) in [6, 6.07) is 17.8. The highest BCUT2D eigenvalue weighted by Crippen LogP contribution is 2.12. The molecule has 110 valence electrons. The second-order valence-corrected chi connectivity index (χ2v) is 5.22. The van der Waals surface area contributed by atoms with Crippen LogP contribution in [-0.4, -0.2) is 12.5 Å². The first-order valence-corrected chi connectivity index (χ1v) is 7.15. The second kappa shape index (κ2) is 7.60. The molecule has 0 aromatic heterocycles. The number of aryl methyl sites for hydroxylation is 1. The van der Waals surface area contributed by atoms with E-state index in [2.05, 4.69) is 6.07 Å². The van der Waals surface area contributed by atoms with Crippen LogP contribution in [0.1, 0.15) is 16.7 Å². The highest BCUT2D eigenvalue weighted by Gasteiger charge is 2.19. The fraction of sp³-hybridized carbons (Fsp3) is 0.278. The van der Waals surface area contributed by atoms with E-state index in [1.165, 1.54) is 5.56 Å². The Hall–Kier alpha value is -2.13. The molecule has 2 aromatic rings. The third kappa shape index (κ3) is 4.72. The van der Waals surface area contributed by atoms with Gasteiger partial charge in [-0.3, -0.25) is 4.79 Å². The number of benzene rings is 2. The van der Waals surface area contributed by atoms with Crippen LogP contribution in [0.4, 0.5) is 0 Å².